The van der Waals surface area contributed by atoms with Crippen LogP contribution in [0.25, 0.3) is 72.2 Å². The molecule has 0 amide bonds. The molecule has 0 aliphatic carbocycles. The van der Waals surface area contributed by atoms with Gasteiger partial charge in [0.25, 0.3) is 0 Å². The van der Waals surface area contributed by atoms with E-state index in [-0.39, 0.29) is 6.04 Å². The number of benzene rings is 8. The minimum atomic E-state index is 0.0585. The van der Waals surface area contributed by atoms with Crippen LogP contribution in [0.15, 0.2) is 218 Å². The van der Waals surface area contributed by atoms with Crippen molar-refractivity contribution in [1.29, 1.82) is 0 Å². The van der Waals surface area contributed by atoms with E-state index in [1.165, 1.54) is 44.2 Å². The molecule has 1 atom stereocenters. The Labute approximate surface area is 328 Å². The normalized spacial score (nSPS) is 13.4. The van der Waals surface area contributed by atoms with E-state index in [0.29, 0.717) is 0 Å². The second-order valence-electron chi connectivity index (χ2n) is 14.4. The van der Waals surface area contributed by atoms with Crippen LogP contribution in [-0.4, -0.2) is 4.98 Å². The second kappa shape index (κ2) is 14.5. The van der Waals surface area contributed by atoms with Gasteiger partial charge in [0.15, 0.2) is 0 Å². The summed E-state index contributed by atoms with van der Waals surface area (Å²) in [5, 5.41) is 6.29. The van der Waals surface area contributed by atoms with Crippen molar-refractivity contribution in [1.82, 2.24) is 4.98 Å². The molecule has 9 aromatic rings. The molecule has 0 saturated heterocycles. The molecule has 0 fully saturated rings. The molecule has 8 aromatic carbocycles. The SMILES string of the molecule is C1=C(c2ccccc2)c2c(ccc3ccc(-c4cc(-c5ccccc5)nc(-c5cc(-c6ccccc6)cc(-c6ccccc6)c5)c4)cc23)NC1c1ccccc1. The lowest BCUT2D eigenvalue weighted by atomic mass is 9.85. The van der Waals surface area contributed by atoms with Crippen LogP contribution in [-0.2, 0) is 0 Å². The Morgan fingerprint density at radius 2 is 0.839 bits per heavy atom. The first-order valence-corrected chi connectivity index (χ1v) is 19.2. The van der Waals surface area contributed by atoms with E-state index in [4.69, 9.17) is 4.98 Å². The quantitative estimate of drug-likeness (QED) is 0.178. The monoisotopic (exact) mass is 714 g/mol. The van der Waals surface area contributed by atoms with Crippen LogP contribution < -0.4 is 5.32 Å². The maximum absolute atomic E-state index is 5.37. The third kappa shape index (κ3) is 6.48. The van der Waals surface area contributed by atoms with Crippen molar-refractivity contribution in [2.75, 3.05) is 5.32 Å². The molecule has 0 saturated carbocycles. The summed E-state index contributed by atoms with van der Waals surface area (Å²) >= 11 is 0. The lowest BCUT2D eigenvalue weighted by molar-refractivity contribution is 0.974. The third-order valence-electron chi connectivity index (χ3n) is 10.8. The first-order valence-electron chi connectivity index (χ1n) is 19.2. The summed E-state index contributed by atoms with van der Waals surface area (Å²) in [6.07, 6.45) is 2.39. The number of hydrogen-bond acceptors (Lipinski definition) is 2. The number of aromatic nitrogens is 1. The number of anilines is 1. The van der Waals surface area contributed by atoms with E-state index in [9.17, 15) is 0 Å². The molecule has 1 aliphatic rings. The van der Waals surface area contributed by atoms with E-state index >= 15 is 0 Å². The van der Waals surface area contributed by atoms with Crippen LogP contribution in [0.1, 0.15) is 22.7 Å². The third-order valence-corrected chi connectivity index (χ3v) is 10.8. The summed E-state index contributed by atoms with van der Waals surface area (Å²) in [5.74, 6) is 0. The van der Waals surface area contributed by atoms with E-state index in [2.05, 4.69) is 224 Å². The Balaban J connectivity index is 1.17. The minimum Gasteiger partial charge on any atom is -0.374 e. The van der Waals surface area contributed by atoms with Gasteiger partial charge in [-0.15, -0.1) is 0 Å². The molecule has 2 heterocycles. The predicted molar refractivity (Wildman–Crippen MR) is 235 cm³/mol. The summed E-state index contributed by atoms with van der Waals surface area (Å²) in [4.78, 5) is 5.37. The van der Waals surface area contributed by atoms with Crippen molar-refractivity contribution >= 4 is 22.0 Å². The molecule has 0 radical (unpaired) electrons. The van der Waals surface area contributed by atoms with Gasteiger partial charge in [-0.1, -0.05) is 170 Å². The maximum Gasteiger partial charge on any atom is 0.0716 e. The fourth-order valence-corrected chi connectivity index (χ4v) is 8.04. The zero-order valence-corrected chi connectivity index (χ0v) is 30.8. The smallest absolute Gasteiger partial charge is 0.0716 e. The Morgan fingerprint density at radius 3 is 1.45 bits per heavy atom. The largest absolute Gasteiger partial charge is 0.374 e. The van der Waals surface area contributed by atoms with Crippen molar-refractivity contribution in [3.8, 4) is 55.9 Å². The topological polar surface area (TPSA) is 24.9 Å². The molecule has 10 rings (SSSR count). The zero-order chi connectivity index (χ0) is 37.3. The van der Waals surface area contributed by atoms with E-state index in [1.54, 1.807) is 0 Å². The van der Waals surface area contributed by atoms with Crippen molar-refractivity contribution in [3.63, 3.8) is 0 Å². The van der Waals surface area contributed by atoms with Crippen molar-refractivity contribution in [2.45, 2.75) is 6.04 Å². The molecule has 1 unspecified atom stereocenters. The number of pyridine rings is 1. The molecule has 1 aromatic heterocycles. The number of rotatable bonds is 7. The van der Waals surface area contributed by atoms with Crippen LogP contribution in [0, 0.1) is 0 Å². The van der Waals surface area contributed by atoms with Gasteiger partial charge in [0, 0.05) is 22.4 Å². The van der Waals surface area contributed by atoms with Crippen LogP contribution in [0.4, 0.5) is 5.69 Å². The molecule has 2 heteroatoms. The average Bonchev–Trinajstić information content (AvgIpc) is 3.29. The predicted octanol–water partition coefficient (Wildman–Crippen LogP) is 14.2. The molecule has 56 heavy (non-hydrogen) atoms. The Hall–Kier alpha value is -7.29. The van der Waals surface area contributed by atoms with Gasteiger partial charge in [0.2, 0.25) is 0 Å². The molecule has 1 N–H and O–H groups in total. The summed E-state index contributed by atoms with van der Waals surface area (Å²) in [7, 11) is 0. The van der Waals surface area contributed by atoms with Crippen LogP contribution >= 0.6 is 0 Å². The van der Waals surface area contributed by atoms with Crippen molar-refractivity contribution in [2.24, 2.45) is 0 Å². The number of nitrogens with zero attached hydrogens (tertiary/aromatic N) is 1. The highest BCUT2D eigenvalue weighted by Gasteiger charge is 2.24. The molecule has 2 nitrogen and oxygen atoms in total. The van der Waals surface area contributed by atoms with E-state index in [0.717, 1.165) is 50.5 Å². The van der Waals surface area contributed by atoms with Gasteiger partial charge in [-0.3, -0.25) is 0 Å². The van der Waals surface area contributed by atoms with E-state index < -0.39 is 0 Å². The zero-order valence-electron chi connectivity index (χ0n) is 30.8. The van der Waals surface area contributed by atoms with Crippen molar-refractivity contribution < 1.29 is 0 Å². The molecular weight excluding hydrogens is 677 g/mol. The lowest BCUT2D eigenvalue weighted by Gasteiger charge is -2.28. The fourth-order valence-electron chi connectivity index (χ4n) is 8.04. The van der Waals surface area contributed by atoms with Gasteiger partial charge < -0.3 is 5.32 Å². The Morgan fingerprint density at radius 1 is 0.357 bits per heavy atom. The molecule has 0 bridgehead atoms. The van der Waals surface area contributed by atoms with Crippen molar-refractivity contribution in [3.05, 3.63) is 235 Å². The van der Waals surface area contributed by atoms with Gasteiger partial charge in [0.05, 0.1) is 17.4 Å². The Bertz CT molecular complexity index is 2790. The van der Waals surface area contributed by atoms with Gasteiger partial charge >= 0.3 is 0 Å². The maximum atomic E-state index is 5.37. The van der Waals surface area contributed by atoms with E-state index in [1.807, 2.05) is 0 Å². The number of hydrogen-bond donors (Lipinski definition) is 1. The van der Waals surface area contributed by atoms with Gasteiger partial charge in [0.1, 0.15) is 0 Å². The molecule has 264 valence electrons. The van der Waals surface area contributed by atoms with Gasteiger partial charge in [-0.25, -0.2) is 4.98 Å². The van der Waals surface area contributed by atoms with Crippen LogP contribution in [0.3, 0.4) is 0 Å². The van der Waals surface area contributed by atoms with Gasteiger partial charge in [-0.05, 0) is 109 Å². The lowest BCUT2D eigenvalue weighted by Crippen LogP contribution is -2.15. The first kappa shape index (κ1) is 33.3. The second-order valence-corrected chi connectivity index (χ2v) is 14.4. The highest BCUT2D eigenvalue weighted by Crippen LogP contribution is 2.44. The first-order chi connectivity index (χ1) is 27.7. The summed E-state index contributed by atoms with van der Waals surface area (Å²) in [5.41, 5.74) is 17.0. The minimum absolute atomic E-state index is 0.0585. The summed E-state index contributed by atoms with van der Waals surface area (Å²) in [6.45, 7) is 0. The number of fused-ring (bicyclic) bond motifs is 3. The Kier molecular flexibility index (Phi) is 8.62. The fraction of sp³-hybridized carbons (Fsp3) is 0.0185. The molecule has 0 spiro atoms. The standard InChI is InChI=1S/C54H38N2/c1-6-16-37(17-7-1)44-30-45(38-18-8-2-9-19-38)32-47(31-44)52-35-46(34-51(56-52)41-22-12-4-13-23-41)43-27-26-40-28-29-50-54(48(40)33-43)49(39-20-10-3-11-21-39)36-53(55-50)42-24-14-5-15-25-42/h1-36,53,55H. The van der Waals surface area contributed by atoms with Crippen LogP contribution in [0.2, 0.25) is 0 Å². The average molecular weight is 715 g/mol. The van der Waals surface area contributed by atoms with Crippen LogP contribution in [0.5, 0.6) is 0 Å². The molecule has 1 aliphatic heterocycles. The number of nitrogens with one attached hydrogen (secondary N) is 1. The molecular formula is C54H38N2. The summed E-state index contributed by atoms with van der Waals surface area (Å²) < 4.78 is 0. The highest BCUT2D eigenvalue weighted by molar-refractivity contribution is 6.05. The highest BCUT2D eigenvalue weighted by atomic mass is 14.9. The van der Waals surface area contributed by atoms with Gasteiger partial charge in [-0.2, -0.15) is 0 Å². The summed E-state index contributed by atoms with van der Waals surface area (Å²) in [6, 6.07) is 76.1.